The molecule has 0 radical (unpaired) electrons. The summed E-state index contributed by atoms with van der Waals surface area (Å²) >= 11 is 0. The molecule has 2 aliphatic heterocycles. The van der Waals surface area contributed by atoms with E-state index in [-0.39, 0.29) is 42.3 Å². The van der Waals surface area contributed by atoms with E-state index >= 15 is 4.39 Å². The average molecular weight is 434 g/mol. The Morgan fingerprint density at radius 1 is 0.968 bits per heavy atom. The number of halogens is 3. The van der Waals surface area contributed by atoms with Crippen molar-refractivity contribution in [2.24, 2.45) is 0 Å². The van der Waals surface area contributed by atoms with E-state index in [1.54, 1.807) is 13.0 Å². The van der Waals surface area contributed by atoms with E-state index in [0.29, 0.717) is 23.3 Å². The predicted molar refractivity (Wildman–Crippen MR) is 113 cm³/mol. The van der Waals surface area contributed by atoms with Gasteiger partial charge in [0.25, 0.3) is 0 Å². The topological polar surface area (TPSA) is 27.7 Å². The Hall–Kier alpha value is -2.21. The lowest BCUT2D eigenvalue weighted by Crippen LogP contribution is -2.25. The smallest absolute Gasteiger partial charge is 0.205 e. The van der Waals surface area contributed by atoms with Gasteiger partial charge in [0.05, 0.1) is 19.3 Å². The minimum absolute atomic E-state index is 0.0162. The number of benzene rings is 2. The highest BCUT2D eigenvalue weighted by atomic mass is 19.2. The monoisotopic (exact) mass is 434 g/mol. The van der Waals surface area contributed by atoms with Crippen LogP contribution in [0.25, 0.3) is 0 Å². The van der Waals surface area contributed by atoms with Crippen molar-refractivity contribution in [1.29, 1.82) is 0 Å². The molecule has 2 unspecified atom stereocenters. The molecule has 31 heavy (non-hydrogen) atoms. The van der Waals surface area contributed by atoms with Gasteiger partial charge in [0, 0.05) is 23.5 Å². The van der Waals surface area contributed by atoms with Gasteiger partial charge < -0.3 is 14.2 Å². The standard InChI is InChI=1S/C25H29F3O3/c1-3-5-6-7-18-10-8-16(14-30-18)19-11-9-15-12-17-13-20(29-4-2)22(27)23(28)25(17)31-24(15)21(19)26/h9,11,13,16,18H,3-8,10,12,14H2,1-2H3. The molecular formula is C25H29F3O3. The summed E-state index contributed by atoms with van der Waals surface area (Å²) in [5, 5.41) is 0. The summed E-state index contributed by atoms with van der Waals surface area (Å²) in [7, 11) is 0. The maximum atomic E-state index is 15.4. The second-order valence-corrected chi connectivity index (χ2v) is 8.39. The fourth-order valence-corrected chi connectivity index (χ4v) is 4.52. The van der Waals surface area contributed by atoms with E-state index < -0.39 is 17.5 Å². The highest BCUT2D eigenvalue weighted by molar-refractivity contribution is 5.55. The fourth-order valence-electron chi connectivity index (χ4n) is 4.52. The van der Waals surface area contributed by atoms with Crippen molar-refractivity contribution < 1.29 is 27.4 Å². The van der Waals surface area contributed by atoms with E-state index in [9.17, 15) is 8.78 Å². The van der Waals surface area contributed by atoms with Gasteiger partial charge in [-0.15, -0.1) is 0 Å². The summed E-state index contributed by atoms with van der Waals surface area (Å²) in [6.07, 6.45) is 6.80. The first-order valence-corrected chi connectivity index (χ1v) is 11.3. The summed E-state index contributed by atoms with van der Waals surface area (Å²) in [5.41, 5.74) is 1.57. The zero-order chi connectivity index (χ0) is 22.0. The molecule has 3 nitrogen and oxygen atoms in total. The molecule has 2 heterocycles. The van der Waals surface area contributed by atoms with Gasteiger partial charge in [0.1, 0.15) is 0 Å². The highest BCUT2D eigenvalue weighted by Crippen LogP contribution is 2.45. The zero-order valence-corrected chi connectivity index (χ0v) is 18.1. The third-order valence-corrected chi connectivity index (χ3v) is 6.24. The molecule has 0 N–H and O–H groups in total. The number of fused-ring (bicyclic) bond motifs is 2. The number of hydrogen-bond acceptors (Lipinski definition) is 3. The molecule has 0 bridgehead atoms. The van der Waals surface area contributed by atoms with E-state index in [4.69, 9.17) is 14.2 Å². The third kappa shape index (κ3) is 4.40. The molecule has 1 saturated heterocycles. The second kappa shape index (κ2) is 9.51. The lowest BCUT2D eigenvalue weighted by Gasteiger charge is -2.31. The van der Waals surface area contributed by atoms with Crippen LogP contribution in [0.3, 0.4) is 0 Å². The molecule has 6 heteroatoms. The lowest BCUT2D eigenvalue weighted by atomic mass is 9.88. The van der Waals surface area contributed by atoms with Crippen molar-refractivity contribution in [3.63, 3.8) is 0 Å². The second-order valence-electron chi connectivity index (χ2n) is 8.39. The van der Waals surface area contributed by atoms with Crippen LogP contribution >= 0.6 is 0 Å². The summed E-state index contributed by atoms with van der Waals surface area (Å²) in [4.78, 5) is 0. The van der Waals surface area contributed by atoms with Gasteiger partial charge in [-0.25, -0.2) is 4.39 Å². The van der Waals surface area contributed by atoms with E-state index in [0.717, 1.165) is 25.7 Å². The van der Waals surface area contributed by atoms with Crippen molar-refractivity contribution in [1.82, 2.24) is 0 Å². The number of rotatable bonds is 7. The van der Waals surface area contributed by atoms with Gasteiger partial charge >= 0.3 is 0 Å². The third-order valence-electron chi connectivity index (χ3n) is 6.24. The van der Waals surface area contributed by atoms with Crippen LogP contribution in [0.5, 0.6) is 17.2 Å². The number of hydrogen-bond donors (Lipinski definition) is 0. The zero-order valence-electron chi connectivity index (χ0n) is 18.1. The maximum absolute atomic E-state index is 15.4. The largest absolute Gasteiger partial charge is 0.491 e. The molecule has 2 aliphatic rings. The van der Waals surface area contributed by atoms with Gasteiger partial charge in [-0.2, -0.15) is 8.78 Å². The van der Waals surface area contributed by atoms with E-state index in [1.807, 2.05) is 6.07 Å². The van der Waals surface area contributed by atoms with Crippen molar-refractivity contribution in [2.45, 2.75) is 70.8 Å². The number of unbranched alkanes of at least 4 members (excludes halogenated alkanes) is 2. The minimum atomic E-state index is -1.15. The molecule has 168 valence electrons. The predicted octanol–water partition coefficient (Wildman–Crippen LogP) is 7.04. The van der Waals surface area contributed by atoms with Crippen LogP contribution in [0.1, 0.15) is 75.0 Å². The van der Waals surface area contributed by atoms with E-state index in [2.05, 4.69) is 6.92 Å². The Labute approximate surface area is 181 Å². The molecule has 0 aliphatic carbocycles. The van der Waals surface area contributed by atoms with Crippen molar-refractivity contribution in [3.8, 4) is 17.2 Å². The normalized spacial score (nSPS) is 20.0. The van der Waals surface area contributed by atoms with Crippen molar-refractivity contribution in [2.75, 3.05) is 13.2 Å². The van der Waals surface area contributed by atoms with Gasteiger partial charge in [0.15, 0.2) is 23.1 Å². The Bertz CT molecular complexity index is 936. The minimum Gasteiger partial charge on any atom is -0.491 e. The number of ether oxygens (including phenoxy) is 3. The van der Waals surface area contributed by atoms with Crippen LogP contribution in [-0.4, -0.2) is 19.3 Å². The first-order chi connectivity index (χ1) is 15.0. The fraction of sp³-hybridized carbons (Fsp3) is 0.520. The molecule has 0 saturated carbocycles. The molecule has 1 fully saturated rings. The first kappa shape index (κ1) is 22.0. The molecule has 0 aromatic heterocycles. The van der Waals surface area contributed by atoms with Crippen LogP contribution in [0.2, 0.25) is 0 Å². The van der Waals surface area contributed by atoms with Crippen molar-refractivity contribution in [3.05, 3.63) is 52.3 Å². The average Bonchev–Trinajstić information content (AvgIpc) is 2.78. The van der Waals surface area contributed by atoms with Crippen LogP contribution in [-0.2, 0) is 11.2 Å². The molecule has 2 aromatic rings. The summed E-state index contributed by atoms with van der Waals surface area (Å²) < 4.78 is 61.0. The van der Waals surface area contributed by atoms with Crippen molar-refractivity contribution >= 4 is 0 Å². The Morgan fingerprint density at radius 2 is 1.77 bits per heavy atom. The maximum Gasteiger partial charge on any atom is 0.205 e. The van der Waals surface area contributed by atoms with Crippen LogP contribution in [0, 0.1) is 17.5 Å². The van der Waals surface area contributed by atoms with Gasteiger partial charge in [-0.3, -0.25) is 0 Å². The van der Waals surface area contributed by atoms with Crippen LogP contribution < -0.4 is 9.47 Å². The Morgan fingerprint density at radius 3 is 2.48 bits per heavy atom. The molecular weight excluding hydrogens is 405 g/mol. The van der Waals surface area contributed by atoms with Crippen LogP contribution in [0.4, 0.5) is 13.2 Å². The van der Waals surface area contributed by atoms with Crippen LogP contribution in [0.15, 0.2) is 18.2 Å². The Balaban J connectivity index is 1.53. The Kier molecular flexibility index (Phi) is 6.75. The lowest BCUT2D eigenvalue weighted by molar-refractivity contribution is -0.00274. The molecule has 2 aromatic carbocycles. The summed E-state index contributed by atoms with van der Waals surface area (Å²) in [5.74, 6) is -3.27. The van der Waals surface area contributed by atoms with E-state index in [1.165, 1.54) is 18.9 Å². The molecule has 4 rings (SSSR count). The molecule has 0 spiro atoms. The molecule has 0 amide bonds. The molecule has 2 atom stereocenters. The first-order valence-electron chi connectivity index (χ1n) is 11.3. The van der Waals surface area contributed by atoms with Gasteiger partial charge in [-0.05, 0) is 37.8 Å². The quantitative estimate of drug-likeness (QED) is 0.373. The highest BCUT2D eigenvalue weighted by Gasteiger charge is 2.31. The SMILES string of the molecule is CCCCCC1CCC(c2ccc3c(c2F)Oc2c(cc(OCC)c(F)c2F)C3)CO1. The summed E-state index contributed by atoms with van der Waals surface area (Å²) in [6, 6.07) is 5.02. The summed E-state index contributed by atoms with van der Waals surface area (Å²) in [6.45, 7) is 4.55. The van der Waals surface area contributed by atoms with Gasteiger partial charge in [0.2, 0.25) is 11.6 Å². The van der Waals surface area contributed by atoms with Gasteiger partial charge in [-0.1, -0.05) is 38.3 Å².